The number of rotatable bonds is 7. The number of hydrogen-bond donors (Lipinski definition) is 2. The summed E-state index contributed by atoms with van der Waals surface area (Å²) in [4.78, 5) is 12.7. The number of amides is 2. The van der Waals surface area contributed by atoms with Gasteiger partial charge >= 0.3 is 12.2 Å². The maximum absolute atomic E-state index is 13.0. The molecule has 0 saturated carbocycles. The van der Waals surface area contributed by atoms with Gasteiger partial charge in [0.2, 0.25) is 0 Å². The second kappa shape index (κ2) is 10.5. The third-order valence-corrected chi connectivity index (χ3v) is 7.78. The van der Waals surface area contributed by atoms with Crippen molar-refractivity contribution in [2.24, 2.45) is 0 Å². The molecule has 2 N–H and O–H groups in total. The van der Waals surface area contributed by atoms with E-state index in [1.54, 1.807) is 6.07 Å². The maximum Gasteiger partial charge on any atom is 0.416 e. The van der Waals surface area contributed by atoms with Crippen LogP contribution in [0.4, 0.5) is 29.3 Å². The third kappa shape index (κ3) is 6.32. The van der Waals surface area contributed by atoms with Crippen LogP contribution in [-0.2, 0) is 22.4 Å². The predicted octanol–water partition coefficient (Wildman–Crippen LogP) is 7.09. The van der Waals surface area contributed by atoms with Crippen LogP contribution in [0, 0.1) is 0 Å². The number of carbonyl (C=O) groups is 1. The van der Waals surface area contributed by atoms with Gasteiger partial charge in [-0.15, -0.1) is 0 Å². The molecular weight excluding hydrogens is 509 g/mol. The Labute approximate surface area is 210 Å². The van der Waals surface area contributed by atoms with Gasteiger partial charge in [0.15, 0.2) is 9.84 Å². The second-order valence-corrected chi connectivity index (χ2v) is 10.8. The average Bonchev–Trinajstić information content (AvgIpc) is 3.38. The van der Waals surface area contributed by atoms with Crippen molar-refractivity contribution in [1.82, 2.24) is 0 Å². The van der Waals surface area contributed by atoms with Gasteiger partial charge in [-0.05, 0) is 64.7 Å². The van der Waals surface area contributed by atoms with Crippen LogP contribution in [0.1, 0.15) is 11.1 Å². The first-order chi connectivity index (χ1) is 17.1. The smallest absolute Gasteiger partial charge is 0.308 e. The van der Waals surface area contributed by atoms with E-state index in [1.807, 2.05) is 47.2 Å². The van der Waals surface area contributed by atoms with E-state index in [4.69, 9.17) is 0 Å². The third-order valence-electron chi connectivity index (χ3n) is 5.38. The predicted molar refractivity (Wildman–Crippen MR) is 136 cm³/mol. The van der Waals surface area contributed by atoms with Gasteiger partial charge in [0.1, 0.15) is 0 Å². The monoisotopic (exact) mass is 530 g/mol. The van der Waals surface area contributed by atoms with E-state index < -0.39 is 27.6 Å². The summed E-state index contributed by atoms with van der Waals surface area (Å²) in [7, 11) is -3.68. The van der Waals surface area contributed by atoms with E-state index in [1.165, 1.54) is 35.6 Å². The van der Waals surface area contributed by atoms with E-state index in [-0.39, 0.29) is 22.0 Å². The molecule has 186 valence electrons. The Kier molecular flexibility index (Phi) is 7.46. The highest BCUT2D eigenvalue weighted by Crippen LogP contribution is 2.33. The lowest BCUT2D eigenvalue weighted by molar-refractivity contribution is -0.137. The maximum atomic E-state index is 13.0. The van der Waals surface area contributed by atoms with E-state index in [9.17, 15) is 26.4 Å². The van der Waals surface area contributed by atoms with Crippen LogP contribution in [0.5, 0.6) is 0 Å². The van der Waals surface area contributed by atoms with Crippen LogP contribution >= 0.6 is 11.3 Å². The van der Waals surface area contributed by atoms with Gasteiger partial charge in [-0.2, -0.15) is 24.5 Å². The zero-order chi connectivity index (χ0) is 25.8. The van der Waals surface area contributed by atoms with Crippen molar-refractivity contribution in [3.05, 3.63) is 101 Å². The molecule has 0 atom stereocenters. The summed E-state index contributed by atoms with van der Waals surface area (Å²) in [6.45, 7) is 0. The highest BCUT2D eigenvalue weighted by atomic mass is 32.2. The van der Waals surface area contributed by atoms with Gasteiger partial charge in [0, 0.05) is 11.3 Å². The molecule has 0 aliphatic carbocycles. The molecule has 0 spiro atoms. The molecule has 5 nitrogen and oxygen atoms in total. The quantitative estimate of drug-likeness (QED) is 0.268. The Morgan fingerprint density at radius 3 is 2.36 bits per heavy atom. The van der Waals surface area contributed by atoms with Gasteiger partial charge in [-0.1, -0.05) is 42.5 Å². The number of alkyl halides is 3. The molecule has 0 aliphatic rings. The Morgan fingerprint density at radius 2 is 1.67 bits per heavy atom. The van der Waals surface area contributed by atoms with Gasteiger partial charge in [0.05, 0.1) is 21.9 Å². The molecule has 1 heterocycles. The molecule has 1 aromatic heterocycles. The molecule has 36 heavy (non-hydrogen) atoms. The highest BCUT2D eigenvalue weighted by molar-refractivity contribution is 7.91. The minimum absolute atomic E-state index is 0.0341. The van der Waals surface area contributed by atoms with Gasteiger partial charge in [-0.25, -0.2) is 13.2 Å². The van der Waals surface area contributed by atoms with Crippen molar-refractivity contribution in [3.63, 3.8) is 0 Å². The molecule has 0 aliphatic heterocycles. The SMILES string of the molecule is O=C(Nc1cccc(C(F)(F)F)c1)Nc1cc(S(=O)(=O)CCc2ccccc2)ccc1-c1ccsc1. The summed E-state index contributed by atoms with van der Waals surface area (Å²) >= 11 is 1.43. The summed E-state index contributed by atoms with van der Waals surface area (Å²) in [6, 6.07) is 19.0. The van der Waals surface area contributed by atoms with Gasteiger partial charge < -0.3 is 10.6 Å². The number of benzene rings is 3. The Hall–Kier alpha value is -3.63. The molecule has 4 aromatic rings. The summed E-state index contributed by atoms with van der Waals surface area (Å²) < 4.78 is 65.1. The molecule has 2 amide bonds. The molecule has 0 bridgehead atoms. The number of urea groups is 1. The van der Waals surface area contributed by atoms with Gasteiger partial charge in [-0.3, -0.25) is 0 Å². The Balaban J connectivity index is 1.59. The average molecular weight is 531 g/mol. The van der Waals surface area contributed by atoms with Crippen LogP contribution in [-0.4, -0.2) is 20.2 Å². The summed E-state index contributed by atoms with van der Waals surface area (Å²) in [5.74, 6) is -0.120. The lowest BCUT2D eigenvalue weighted by Crippen LogP contribution is -2.20. The van der Waals surface area contributed by atoms with Crippen molar-refractivity contribution in [3.8, 4) is 11.1 Å². The standard InChI is InChI=1S/C26H21F3N2O3S2/c27-26(28,29)20-7-4-8-21(15-20)30-25(32)31-24-16-22(9-10-23(24)19-11-13-35-17-19)36(33,34)14-12-18-5-2-1-3-6-18/h1-11,13,15-17H,12,14H2,(H2,30,31,32). The van der Waals surface area contributed by atoms with E-state index >= 15 is 0 Å². The van der Waals surface area contributed by atoms with Crippen LogP contribution in [0.15, 0.2) is 94.5 Å². The van der Waals surface area contributed by atoms with Crippen molar-refractivity contribution >= 4 is 38.6 Å². The topological polar surface area (TPSA) is 75.3 Å². The molecule has 0 saturated heterocycles. The normalized spacial score (nSPS) is 11.8. The number of thiophene rings is 1. The minimum atomic E-state index is -4.55. The first kappa shape index (κ1) is 25.5. The number of anilines is 2. The Bertz CT molecular complexity index is 1450. The zero-order valence-corrected chi connectivity index (χ0v) is 20.4. The fourth-order valence-corrected chi connectivity index (χ4v) is 5.53. The lowest BCUT2D eigenvalue weighted by atomic mass is 10.1. The van der Waals surface area contributed by atoms with Crippen molar-refractivity contribution in [2.45, 2.75) is 17.5 Å². The van der Waals surface area contributed by atoms with Crippen molar-refractivity contribution in [2.75, 3.05) is 16.4 Å². The number of nitrogens with one attached hydrogen (secondary N) is 2. The van der Waals surface area contributed by atoms with Crippen LogP contribution in [0.2, 0.25) is 0 Å². The fraction of sp³-hybridized carbons (Fsp3) is 0.115. The minimum Gasteiger partial charge on any atom is -0.308 e. The number of halogens is 3. The van der Waals surface area contributed by atoms with Crippen LogP contribution in [0.3, 0.4) is 0 Å². The fourth-order valence-electron chi connectivity index (χ4n) is 3.56. The first-order valence-electron chi connectivity index (χ1n) is 10.8. The molecule has 0 fully saturated rings. The van der Waals surface area contributed by atoms with Crippen LogP contribution < -0.4 is 10.6 Å². The molecular formula is C26H21F3N2O3S2. The summed E-state index contributed by atoms with van der Waals surface area (Å²) in [6.07, 6.45) is -4.23. The van der Waals surface area contributed by atoms with E-state index in [2.05, 4.69) is 10.6 Å². The molecule has 4 rings (SSSR count). The van der Waals surface area contributed by atoms with E-state index in [0.717, 1.165) is 23.3 Å². The largest absolute Gasteiger partial charge is 0.416 e. The highest BCUT2D eigenvalue weighted by Gasteiger charge is 2.30. The second-order valence-electron chi connectivity index (χ2n) is 7.93. The van der Waals surface area contributed by atoms with E-state index in [0.29, 0.717) is 12.0 Å². The van der Waals surface area contributed by atoms with Crippen molar-refractivity contribution in [1.29, 1.82) is 0 Å². The number of carbonyl (C=O) groups excluding carboxylic acids is 1. The number of aryl methyl sites for hydroxylation is 1. The number of hydrogen-bond acceptors (Lipinski definition) is 4. The first-order valence-corrected chi connectivity index (χ1v) is 13.4. The molecule has 3 aromatic carbocycles. The molecule has 10 heteroatoms. The zero-order valence-electron chi connectivity index (χ0n) is 18.7. The Morgan fingerprint density at radius 1 is 0.889 bits per heavy atom. The lowest BCUT2D eigenvalue weighted by Gasteiger charge is -2.14. The van der Waals surface area contributed by atoms with Gasteiger partial charge in [0.25, 0.3) is 0 Å². The van der Waals surface area contributed by atoms with Crippen molar-refractivity contribution < 1.29 is 26.4 Å². The molecule has 0 unspecified atom stereocenters. The summed E-state index contributed by atoms with van der Waals surface area (Å²) in [5, 5.41) is 8.67. The summed E-state index contributed by atoms with van der Waals surface area (Å²) in [5.41, 5.74) is 1.50. The molecule has 0 radical (unpaired) electrons. The van der Waals surface area contributed by atoms with Crippen LogP contribution in [0.25, 0.3) is 11.1 Å². The number of sulfone groups is 1.